The van der Waals surface area contributed by atoms with Crippen molar-refractivity contribution in [3.63, 3.8) is 0 Å². The quantitative estimate of drug-likeness (QED) is 0.724. The Morgan fingerprint density at radius 1 is 1.08 bits per heavy atom. The smallest absolute Gasteiger partial charge is 0.240 e. The second-order valence-electron chi connectivity index (χ2n) is 6.52. The summed E-state index contributed by atoms with van der Waals surface area (Å²) in [6.07, 6.45) is 2.49. The monoisotopic (exact) mass is 335 g/mol. The predicted octanol–water partition coefficient (Wildman–Crippen LogP) is 2.58. The Balaban J connectivity index is 1.45. The highest BCUT2D eigenvalue weighted by Crippen LogP contribution is 2.36. The third kappa shape index (κ3) is 3.21. The van der Waals surface area contributed by atoms with Crippen LogP contribution in [0.1, 0.15) is 34.8 Å². The molecule has 1 atom stereocenters. The summed E-state index contributed by atoms with van der Waals surface area (Å²) in [6.45, 7) is 0.492. The van der Waals surface area contributed by atoms with E-state index in [1.54, 1.807) is 0 Å². The second kappa shape index (κ2) is 6.78. The largest absolute Gasteiger partial charge is 0.394 e. The van der Waals surface area contributed by atoms with Gasteiger partial charge in [-0.3, -0.25) is 5.32 Å². The van der Waals surface area contributed by atoms with Crippen LogP contribution in [-0.2, 0) is 24.9 Å². The number of aliphatic hydroxyl groups excluding tert-OH is 1. The SMILES string of the molecule is OCC1(NCc2nc(Cc3ccccc3)no2)CCc2ccccc21. The molecule has 3 aromatic rings. The van der Waals surface area contributed by atoms with Crippen LogP contribution in [0.15, 0.2) is 59.1 Å². The van der Waals surface area contributed by atoms with Crippen LogP contribution in [-0.4, -0.2) is 21.9 Å². The molecule has 2 N–H and O–H groups in total. The van der Waals surface area contributed by atoms with Crippen LogP contribution in [0.25, 0.3) is 0 Å². The van der Waals surface area contributed by atoms with Gasteiger partial charge in [0.05, 0.1) is 18.7 Å². The summed E-state index contributed by atoms with van der Waals surface area (Å²) in [6, 6.07) is 18.3. The lowest BCUT2D eigenvalue weighted by Crippen LogP contribution is -2.43. The number of fused-ring (bicyclic) bond motifs is 1. The first-order valence-electron chi connectivity index (χ1n) is 8.59. The van der Waals surface area contributed by atoms with Crippen LogP contribution in [0.5, 0.6) is 0 Å². The number of hydrogen-bond donors (Lipinski definition) is 2. The lowest BCUT2D eigenvalue weighted by Gasteiger charge is -2.29. The van der Waals surface area contributed by atoms with Crippen LogP contribution in [0, 0.1) is 0 Å². The zero-order valence-electron chi connectivity index (χ0n) is 14.0. The summed E-state index contributed by atoms with van der Waals surface area (Å²) in [5, 5.41) is 17.5. The van der Waals surface area contributed by atoms with E-state index in [-0.39, 0.29) is 6.61 Å². The van der Waals surface area contributed by atoms with Gasteiger partial charge in [-0.25, -0.2) is 0 Å². The molecule has 4 rings (SSSR count). The maximum atomic E-state index is 10.0. The van der Waals surface area contributed by atoms with Gasteiger partial charge < -0.3 is 9.63 Å². The molecule has 25 heavy (non-hydrogen) atoms. The van der Waals surface area contributed by atoms with E-state index >= 15 is 0 Å². The molecule has 1 unspecified atom stereocenters. The lowest BCUT2D eigenvalue weighted by molar-refractivity contribution is 0.154. The number of benzene rings is 2. The van der Waals surface area contributed by atoms with Crippen LogP contribution >= 0.6 is 0 Å². The molecule has 1 aliphatic rings. The molecule has 0 fully saturated rings. The Kier molecular flexibility index (Phi) is 4.34. The number of aliphatic hydroxyl groups is 1. The Morgan fingerprint density at radius 3 is 2.72 bits per heavy atom. The van der Waals surface area contributed by atoms with Crippen molar-refractivity contribution < 1.29 is 9.63 Å². The van der Waals surface area contributed by atoms with Crippen molar-refractivity contribution in [2.45, 2.75) is 31.3 Å². The highest BCUT2D eigenvalue weighted by atomic mass is 16.5. The van der Waals surface area contributed by atoms with Gasteiger partial charge in [-0.05, 0) is 29.5 Å². The van der Waals surface area contributed by atoms with E-state index < -0.39 is 5.54 Å². The molecule has 0 spiro atoms. The van der Waals surface area contributed by atoms with Gasteiger partial charge in [-0.15, -0.1) is 0 Å². The Labute approximate surface area is 146 Å². The van der Waals surface area contributed by atoms with E-state index in [0.29, 0.717) is 24.7 Å². The molecule has 1 aromatic heterocycles. The fraction of sp³-hybridized carbons (Fsp3) is 0.300. The van der Waals surface area contributed by atoms with Gasteiger partial charge in [0.2, 0.25) is 5.89 Å². The number of aryl methyl sites for hydroxylation is 1. The summed E-state index contributed by atoms with van der Waals surface area (Å²) in [7, 11) is 0. The highest BCUT2D eigenvalue weighted by molar-refractivity contribution is 5.38. The topological polar surface area (TPSA) is 71.2 Å². The van der Waals surface area contributed by atoms with Crippen molar-refractivity contribution in [2.75, 3.05) is 6.61 Å². The summed E-state index contributed by atoms with van der Waals surface area (Å²) < 4.78 is 5.37. The van der Waals surface area contributed by atoms with Crippen LogP contribution in [0.2, 0.25) is 0 Å². The van der Waals surface area contributed by atoms with Gasteiger partial charge in [0.1, 0.15) is 0 Å². The Bertz CT molecular complexity index is 847. The maximum absolute atomic E-state index is 10.0. The Hall–Kier alpha value is -2.50. The summed E-state index contributed by atoms with van der Waals surface area (Å²) in [5.74, 6) is 1.22. The third-order valence-corrected chi connectivity index (χ3v) is 4.92. The van der Waals surface area contributed by atoms with Crippen molar-refractivity contribution in [1.29, 1.82) is 0 Å². The fourth-order valence-corrected chi connectivity index (χ4v) is 3.55. The summed E-state index contributed by atoms with van der Waals surface area (Å²) >= 11 is 0. The molecule has 1 heterocycles. The van der Waals surface area contributed by atoms with Crippen LogP contribution in [0.3, 0.4) is 0 Å². The molecule has 0 saturated carbocycles. The fourth-order valence-electron chi connectivity index (χ4n) is 3.55. The van der Waals surface area contributed by atoms with E-state index in [9.17, 15) is 5.11 Å². The average Bonchev–Trinajstić information content (AvgIpc) is 3.26. The van der Waals surface area contributed by atoms with E-state index in [1.165, 1.54) is 11.1 Å². The third-order valence-electron chi connectivity index (χ3n) is 4.92. The molecule has 0 saturated heterocycles. The molecule has 0 aliphatic heterocycles. The minimum Gasteiger partial charge on any atom is -0.394 e. The Morgan fingerprint density at radius 2 is 1.88 bits per heavy atom. The van der Waals surface area contributed by atoms with Crippen LogP contribution in [0.4, 0.5) is 0 Å². The van der Waals surface area contributed by atoms with Crippen molar-refractivity contribution in [2.24, 2.45) is 0 Å². The number of nitrogens with one attached hydrogen (secondary N) is 1. The first kappa shape index (κ1) is 16.0. The normalized spacial score (nSPS) is 19.1. The first-order valence-corrected chi connectivity index (χ1v) is 8.59. The molecule has 5 heteroatoms. The van der Waals surface area contributed by atoms with E-state index in [2.05, 4.69) is 27.6 Å². The van der Waals surface area contributed by atoms with E-state index in [1.807, 2.05) is 42.5 Å². The van der Waals surface area contributed by atoms with Gasteiger partial charge in [0.25, 0.3) is 0 Å². The minimum atomic E-state index is -0.426. The molecular formula is C20H21N3O2. The van der Waals surface area contributed by atoms with Gasteiger partial charge in [0, 0.05) is 6.42 Å². The molecule has 128 valence electrons. The second-order valence-corrected chi connectivity index (χ2v) is 6.52. The molecular weight excluding hydrogens is 314 g/mol. The van der Waals surface area contributed by atoms with E-state index in [0.717, 1.165) is 18.4 Å². The number of rotatable bonds is 6. The zero-order valence-corrected chi connectivity index (χ0v) is 14.0. The molecule has 0 radical (unpaired) electrons. The first-order chi connectivity index (χ1) is 12.3. The average molecular weight is 335 g/mol. The number of hydrogen-bond acceptors (Lipinski definition) is 5. The van der Waals surface area contributed by atoms with Crippen molar-refractivity contribution in [1.82, 2.24) is 15.5 Å². The van der Waals surface area contributed by atoms with Gasteiger partial charge >= 0.3 is 0 Å². The minimum absolute atomic E-state index is 0.0506. The molecule has 0 bridgehead atoms. The van der Waals surface area contributed by atoms with Crippen molar-refractivity contribution >= 4 is 0 Å². The predicted molar refractivity (Wildman–Crippen MR) is 93.9 cm³/mol. The van der Waals surface area contributed by atoms with Gasteiger partial charge in [-0.1, -0.05) is 59.8 Å². The van der Waals surface area contributed by atoms with Crippen molar-refractivity contribution in [3.8, 4) is 0 Å². The molecule has 0 amide bonds. The maximum Gasteiger partial charge on any atom is 0.240 e. The van der Waals surface area contributed by atoms with Gasteiger partial charge in [0.15, 0.2) is 5.82 Å². The summed E-state index contributed by atoms with van der Waals surface area (Å²) in [4.78, 5) is 4.47. The highest BCUT2D eigenvalue weighted by Gasteiger charge is 2.37. The standard InChI is InChI=1S/C20H21N3O2/c24-14-20(11-10-16-8-4-5-9-17(16)20)21-13-19-22-18(23-25-19)12-15-6-2-1-3-7-15/h1-9,21,24H,10-14H2. The molecule has 2 aromatic carbocycles. The van der Waals surface area contributed by atoms with Crippen molar-refractivity contribution in [3.05, 3.63) is 83.0 Å². The van der Waals surface area contributed by atoms with Crippen LogP contribution < -0.4 is 5.32 Å². The number of nitrogens with zero attached hydrogens (tertiary/aromatic N) is 2. The van der Waals surface area contributed by atoms with Gasteiger partial charge in [-0.2, -0.15) is 4.98 Å². The number of aromatic nitrogens is 2. The van der Waals surface area contributed by atoms with E-state index in [4.69, 9.17) is 4.52 Å². The zero-order chi connectivity index (χ0) is 17.1. The molecule has 5 nitrogen and oxygen atoms in total. The molecule has 1 aliphatic carbocycles. The summed E-state index contributed by atoms with van der Waals surface area (Å²) in [5.41, 5.74) is 3.19. The lowest BCUT2D eigenvalue weighted by atomic mass is 9.92.